The summed E-state index contributed by atoms with van der Waals surface area (Å²) in [7, 11) is 2.24. The van der Waals surface area contributed by atoms with E-state index in [1.54, 1.807) is 0 Å². The third-order valence-electron chi connectivity index (χ3n) is 3.42. The van der Waals surface area contributed by atoms with Crippen molar-refractivity contribution in [2.45, 2.75) is 51.7 Å². The molecule has 18 heavy (non-hydrogen) atoms. The molecule has 0 aromatic carbocycles. The van der Waals surface area contributed by atoms with Gasteiger partial charge in [-0.15, -0.1) is 0 Å². The molecule has 0 aromatic heterocycles. The van der Waals surface area contributed by atoms with E-state index in [4.69, 9.17) is 9.69 Å². The van der Waals surface area contributed by atoms with E-state index >= 15 is 0 Å². The number of nitrogens with zero attached hydrogens (tertiary/aromatic N) is 2. The summed E-state index contributed by atoms with van der Waals surface area (Å²) in [5.41, 5.74) is 0.818. The maximum Gasteiger partial charge on any atom is 0.191 e. The van der Waals surface area contributed by atoms with E-state index in [2.05, 4.69) is 39.9 Å². The Hall–Kier alpha value is -0.793. The highest BCUT2D eigenvalue weighted by molar-refractivity contribution is 6.74. The molecule has 0 N–H and O–H groups in total. The third-order valence-corrected chi connectivity index (χ3v) is 7.96. The van der Waals surface area contributed by atoms with E-state index in [-0.39, 0.29) is 5.04 Å². The van der Waals surface area contributed by atoms with Crippen molar-refractivity contribution >= 4 is 8.32 Å². The Balaban J connectivity index is 4.12. The van der Waals surface area contributed by atoms with Crippen LogP contribution in [-0.4, -0.2) is 33.9 Å². The smallest absolute Gasteiger partial charge is 0.191 e. The van der Waals surface area contributed by atoms with Crippen LogP contribution >= 0.6 is 0 Å². The van der Waals surface area contributed by atoms with Gasteiger partial charge in [0.25, 0.3) is 0 Å². The van der Waals surface area contributed by atoms with Crippen molar-refractivity contribution in [3.63, 3.8) is 0 Å². The van der Waals surface area contributed by atoms with E-state index in [9.17, 15) is 0 Å². The Bertz CT molecular complexity index is 322. The molecular formula is C14H28N2OSi. The lowest BCUT2D eigenvalue weighted by Crippen LogP contribution is -2.40. The normalized spacial score (nSPS) is 13.3. The molecule has 104 valence electrons. The fraction of sp³-hybridized carbons (Fsp3) is 0.786. The maximum atomic E-state index is 8.99. The molecule has 0 atom stereocenters. The van der Waals surface area contributed by atoms with E-state index < -0.39 is 8.32 Å². The number of allylic oxidation sites excluding steroid dienone is 1. The molecule has 0 aliphatic carbocycles. The van der Waals surface area contributed by atoms with Crippen LogP contribution in [-0.2, 0) is 4.43 Å². The van der Waals surface area contributed by atoms with Gasteiger partial charge in [0.1, 0.15) is 0 Å². The van der Waals surface area contributed by atoms with Crippen molar-refractivity contribution in [3.05, 3.63) is 11.8 Å². The number of nitriles is 1. The molecule has 0 saturated heterocycles. The summed E-state index contributed by atoms with van der Waals surface area (Å²) in [6.45, 7) is 12.0. The second-order valence-corrected chi connectivity index (χ2v) is 11.3. The quantitative estimate of drug-likeness (QED) is 0.418. The summed E-state index contributed by atoms with van der Waals surface area (Å²) < 4.78 is 6.08. The zero-order valence-electron chi connectivity index (χ0n) is 13.0. The van der Waals surface area contributed by atoms with Gasteiger partial charge in [-0.3, -0.25) is 0 Å². The van der Waals surface area contributed by atoms with Crippen LogP contribution in [0.5, 0.6) is 0 Å². The first-order valence-corrected chi connectivity index (χ1v) is 9.42. The Morgan fingerprint density at radius 2 is 1.89 bits per heavy atom. The number of hydrogen-bond acceptors (Lipinski definition) is 3. The highest BCUT2D eigenvalue weighted by Crippen LogP contribution is 2.36. The second kappa shape index (κ2) is 6.96. The van der Waals surface area contributed by atoms with Gasteiger partial charge in [0.2, 0.25) is 0 Å². The monoisotopic (exact) mass is 268 g/mol. The zero-order valence-corrected chi connectivity index (χ0v) is 14.0. The molecule has 0 unspecified atom stereocenters. The van der Waals surface area contributed by atoms with E-state index in [1.807, 2.05) is 25.2 Å². The molecule has 0 aliphatic rings. The molecule has 0 saturated carbocycles. The molecule has 0 heterocycles. The summed E-state index contributed by atoms with van der Waals surface area (Å²) in [6.07, 6.45) is 3.59. The Kier molecular flexibility index (Phi) is 6.65. The first kappa shape index (κ1) is 17.2. The number of hydrogen-bond donors (Lipinski definition) is 0. The Morgan fingerprint density at radius 1 is 1.33 bits per heavy atom. The molecule has 0 amide bonds. The van der Waals surface area contributed by atoms with Crippen molar-refractivity contribution in [2.75, 3.05) is 20.7 Å². The van der Waals surface area contributed by atoms with Gasteiger partial charge in [0, 0.05) is 32.5 Å². The van der Waals surface area contributed by atoms with Crippen LogP contribution in [0.1, 0.15) is 33.6 Å². The fourth-order valence-corrected chi connectivity index (χ4v) is 2.36. The van der Waals surface area contributed by atoms with Crippen molar-refractivity contribution in [1.82, 2.24) is 4.90 Å². The molecule has 0 aromatic rings. The summed E-state index contributed by atoms with van der Waals surface area (Å²) in [4.78, 5) is 1.91. The molecule has 0 spiro atoms. The van der Waals surface area contributed by atoms with Gasteiger partial charge in [-0.2, -0.15) is 5.26 Å². The third kappa shape index (κ3) is 6.22. The summed E-state index contributed by atoms with van der Waals surface area (Å²) in [6, 6.07) is 2.24. The maximum absolute atomic E-state index is 8.99. The lowest BCUT2D eigenvalue weighted by atomic mass is 10.2. The van der Waals surface area contributed by atoms with Crippen LogP contribution in [0.4, 0.5) is 0 Å². The molecule has 0 fully saturated rings. The first-order chi connectivity index (χ1) is 8.10. The average Bonchev–Trinajstić information content (AvgIpc) is 2.20. The average molecular weight is 268 g/mol. The van der Waals surface area contributed by atoms with Crippen LogP contribution < -0.4 is 0 Å². The number of rotatable bonds is 6. The van der Waals surface area contributed by atoms with E-state index in [0.717, 1.165) is 25.0 Å². The minimum Gasteiger partial charge on any atom is -0.417 e. The summed E-state index contributed by atoms with van der Waals surface area (Å²) in [5.74, 6) is 0. The largest absolute Gasteiger partial charge is 0.417 e. The lowest BCUT2D eigenvalue weighted by Gasteiger charge is -2.36. The summed E-state index contributed by atoms with van der Waals surface area (Å²) in [5, 5.41) is 9.24. The molecule has 0 aliphatic heterocycles. The van der Waals surface area contributed by atoms with Crippen LogP contribution in [0.15, 0.2) is 11.8 Å². The molecule has 3 nitrogen and oxygen atoms in total. The summed E-state index contributed by atoms with van der Waals surface area (Å²) >= 11 is 0. The van der Waals surface area contributed by atoms with Crippen LogP contribution in [0.3, 0.4) is 0 Å². The fourth-order valence-electron chi connectivity index (χ4n) is 1.27. The SMILES string of the molecule is CN(C)/C=C(\C#N)CCCO[Si](C)(C)C(C)(C)C. The van der Waals surface area contributed by atoms with Gasteiger partial charge < -0.3 is 9.33 Å². The van der Waals surface area contributed by atoms with Crippen LogP contribution in [0.25, 0.3) is 0 Å². The van der Waals surface area contributed by atoms with Gasteiger partial charge >= 0.3 is 0 Å². The Labute approximate surface area is 114 Å². The van der Waals surface area contributed by atoms with E-state index in [1.165, 1.54) is 0 Å². The van der Waals surface area contributed by atoms with E-state index in [0.29, 0.717) is 0 Å². The predicted octanol–water partition coefficient (Wildman–Crippen LogP) is 3.76. The standard InChI is InChI=1S/C14H28N2OSi/c1-14(2,3)18(6,7)17-10-8-9-13(11-15)12-16(4)5/h12H,8-10H2,1-7H3/b13-12-. The molecule has 4 heteroatoms. The van der Waals surface area contributed by atoms with Crippen LogP contribution in [0, 0.1) is 11.3 Å². The van der Waals surface area contributed by atoms with Crippen molar-refractivity contribution < 1.29 is 4.43 Å². The van der Waals surface area contributed by atoms with Crippen molar-refractivity contribution in [1.29, 1.82) is 5.26 Å². The minimum absolute atomic E-state index is 0.254. The molecular weight excluding hydrogens is 240 g/mol. The van der Waals surface area contributed by atoms with Crippen LogP contribution in [0.2, 0.25) is 18.1 Å². The minimum atomic E-state index is -1.63. The van der Waals surface area contributed by atoms with Crippen molar-refractivity contribution in [2.24, 2.45) is 0 Å². The first-order valence-electron chi connectivity index (χ1n) is 6.51. The highest BCUT2D eigenvalue weighted by atomic mass is 28.4. The predicted molar refractivity (Wildman–Crippen MR) is 79.8 cm³/mol. The van der Waals surface area contributed by atoms with Gasteiger partial charge in [-0.05, 0) is 31.0 Å². The van der Waals surface area contributed by atoms with Gasteiger partial charge in [0.15, 0.2) is 8.32 Å². The van der Waals surface area contributed by atoms with Gasteiger partial charge in [0.05, 0.1) is 6.07 Å². The molecule has 0 bridgehead atoms. The lowest BCUT2D eigenvalue weighted by molar-refractivity contribution is 0.282. The zero-order chi connectivity index (χ0) is 14.4. The van der Waals surface area contributed by atoms with Gasteiger partial charge in [-0.25, -0.2) is 0 Å². The van der Waals surface area contributed by atoms with Crippen molar-refractivity contribution in [3.8, 4) is 6.07 Å². The molecule has 0 radical (unpaired) electrons. The Morgan fingerprint density at radius 3 is 2.28 bits per heavy atom. The van der Waals surface area contributed by atoms with Gasteiger partial charge in [-0.1, -0.05) is 20.8 Å². The topological polar surface area (TPSA) is 36.3 Å². The molecule has 0 rings (SSSR count). The second-order valence-electron chi connectivity index (χ2n) is 6.44. The highest BCUT2D eigenvalue weighted by Gasteiger charge is 2.36.